The Labute approximate surface area is 161 Å². The number of ether oxygens (including phenoxy) is 2. The monoisotopic (exact) mass is 364 g/mol. The quantitative estimate of drug-likeness (QED) is 0.635. The molecule has 0 amide bonds. The lowest BCUT2D eigenvalue weighted by Gasteiger charge is -2.29. The topological polar surface area (TPSA) is 37.5 Å². The average molecular weight is 364 g/mol. The summed E-state index contributed by atoms with van der Waals surface area (Å²) in [5, 5.41) is 1.25. The van der Waals surface area contributed by atoms with Crippen LogP contribution in [0.5, 0.6) is 11.5 Å². The molecule has 142 valence electrons. The summed E-state index contributed by atoms with van der Waals surface area (Å²) in [6.45, 7) is 8.41. The second kappa shape index (κ2) is 7.65. The van der Waals surface area contributed by atoms with Gasteiger partial charge in [-0.05, 0) is 66.9 Å². The molecule has 1 aromatic heterocycles. The molecule has 0 radical (unpaired) electrons. The first-order chi connectivity index (χ1) is 13.1. The Morgan fingerprint density at radius 3 is 2.48 bits per heavy atom. The number of fused-ring (bicyclic) bond motifs is 1. The molecule has 0 unspecified atom stereocenters. The standard InChI is InChI=1S/C23H28N2O2/c1-16(2)15-27-23-13-18(6-8-22(23)26-3)17-5-7-21-19(11-17)12-20(24-21)14-25-9-4-10-25/h5-8,11-13,16,24H,4,9-10,14-15H2,1-3H3. The van der Waals surface area contributed by atoms with Crippen molar-refractivity contribution in [2.24, 2.45) is 5.92 Å². The maximum atomic E-state index is 5.97. The second-order valence-corrected chi connectivity index (χ2v) is 7.80. The van der Waals surface area contributed by atoms with Gasteiger partial charge in [-0.1, -0.05) is 26.0 Å². The number of aromatic nitrogens is 1. The highest BCUT2D eigenvalue weighted by atomic mass is 16.5. The van der Waals surface area contributed by atoms with Crippen LogP contribution in [0.15, 0.2) is 42.5 Å². The molecular formula is C23H28N2O2. The van der Waals surface area contributed by atoms with E-state index in [-0.39, 0.29) is 0 Å². The Morgan fingerprint density at radius 2 is 1.78 bits per heavy atom. The predicted octanol–water partition coefficient (Wildman–Crippen LogP) is 5.08. The van der Waals surface area contributed by atoms with Crippen LogP contribution >= 0.6 is 0 Å². The van der Waals surface area contributed by atoms with Gasteiger partial charge in [-0.15, -0.1) is 0 Å². The zero-order chi connectivity index (χ0) is 18.8. The van der Waals surface area contributed by atoms with Gasteiger partial charge in [0.2, 0.25) is 0 Å². The summed E-state index contributed by atoms with van der Waals surface area (Å²) in [7, 11) is 1.68. The lowest BCUT2D eigenvalue weighted by atomic mass is 10.0. The first kappa shape index (κ1) is 17.9. The molecule has 0 saturated carbocycles. The number of hydrogen-bond acceptors (Lipinski definition) is 3. The molecular weight excluding hydrogens is 336 g/mol. The van der Waals surface area contributed by atoms with Crippen molar-refractivity contribution in [1.82, 2.24) is 9.88 Å². The summed E-state index contributed by atoms with van der Waals surface area (Å²) < 4.78 is 11.4. The summed E-state index contributed by atoms with van der Waals surface area (Å²) in [6, 6.07) is 15.0. The van der Waals surface area contributed by atoms with Gasteiger partial charge in [0.1, 0.15) is 0 Å². The highest BCUT2D eigenvalue weighted by molar-refractivity contribution is 5.86. The van der Waals surface area contributed by atoms with Crippen molar-refractivity contribution in [2.75, 3.05) is 26.8 Å². The molecule has 3 aromatic rings. The Hall–Kier alpha value is -2.46. The minimum absolute atomic E-state index is 0.472. The van der Waals surface area contributed by atoms with Crippen LogP contribution in [-0.2, 0) is 6.54 Å². The van der Waals surface area contributed by atoms with E-state index in [1.54, 1.807) is 7.11 Å². The van der Waals surface area contributed by atoms with Gasteiger partial charge in [0.15, 0.2) is 11.5 Å². The van der Waals surface area contributed by atoms with Crippen LogP contribution in [-0.4, -0.2) is 36.7 Å². The van der Waals surface area contributed by atoms with Crippen molar-refractivity contribution in [3.05, 3.63) is 48.2 Å². The lowest BCUT2D eigenvalue weighted by molar-refractivity contribution is 0.171. The minimum atomic E-state index is 0.472. The number of benzene rings is 2. The number of rotatable bonds is 7. The molecule has 27 heavy (non-hydrogen) atoms. The van der Waals surface area contributed by atoms with E-state index in [9.17, 15) is 0 Å². The molecule has 2 heterocycles. The Morgan fingerprint density at radius 1 is 1.00 bits per heavy atom. The highest BCUT2D eigenvalue weighted by Gasteiger charge is 2.15. The molecule has 1 N–H and O–H groups in total. The third-order valence-electron chi connectivity index (χ3n) is 5.09. The van der Waals surface area contributed by atoms with E-state index in [0.717, 1.165) is 23.6 Å². The molecule has 4 rings (SSSR count). The van der Waals surface area contributed by atoms with Gasteiger partial charge in [0, 0.05) is 23.1 Å². The van der Waals surface area contributed by atoms with Crippen molar-refractivity contribution in [3.8, 4) is 22.6 Å². The van der Waals surface area contributed by atoms with Gasteiger partial charge in [-0.2, -0.15) is 0 Å². The normalized spacial score (nSPS) is 14.5. The van der Waals surface area contributed by atoms with Crippen LogP contribution in [0, 0.1) is 5.92 Å². The number of nitrogens with one attached hydrogen (secondary N) is 1. The summed E-state index contributed by atoms with van der Waals surface area (Å²) in [4.78, 5) is 6.02. The van der Waals surface area contributed by atoms with Crippen molar-refractivity contribution in [3.63, 3.8) is 0 Å². The van der Waals surface area contributed by atoms with Crippen molar-refractivity contribution >= 4 is 10.9 Å². The fraction of sp³-hybridized carbons (Fsp3) is 0.391. The fourth-order valence-electron chi connectivity index (χ4n) is 3.46. The Bertz CT molecular complexity index is 925. The van der Waals surface area contributed by atoms with Crippen LogP contribution < -0.4 is 9.47 Å². The molecule has 1 fully saturated rings. The van der Waals surface area contributed by atoms with Crippen molar-refractivity contribution in [1.29, 1.82) is 0 Å². The SMILES string of the molecule is COc1ccc(-c2ccc3[nH]c(CN4CCC4)cc3c2)cc1OCC(C)C. The molecule has 4 nitrogen and oxygen atoms in total. The molecule has 1 aliphatic heterocycles. The largest absolute Gasteiger partial charge is 0.493 e. The molecule has 4 heteroatoms. The highest BCUT2D eigenvalue weighted by Crippen LogP contribution is 2.34. The maximum absolute atomic E-state index is 5.97. The van der Waals surface area contributed by atoms with E-state index in [0.29, 0.717) is 12.5 Å². The summed E-state index contributed by atoms with van der Waals surface area (Å²) in [6.07, 6.45) is 1.32. The van der Waals surface area contributed by atoms with E-state index >= 15 is 0 Å². The zero-order valence-electron chi connectivity index (χ0n) is 16.4. The van der Waals surface area contributed by atoms with E-state index in [1.807, 2.05) is 6.07 Å². The third-order valence-corrected chi connectivity index (χ3v) is 5.09. The van der Waals surface area contributed by atoms with Crippen LogP contribution in [0.1, 0.15) is 26.0 Å². The summed E-state index contributed by atoms with van der Waals surface area (Å²) in [5.41, 5.74) is 4.81. The van der Waals surface area contributed by atoms with Crippen LogP contribution in [0.3, 0.4) is 0 Å². The third kappa shape index (κ3) is 3.96. The summed E-state index contributed by atoms with van der Waals surface area (Å²) in [5.74, 6) is 2.05. The maximum Gasteiger partial charge on any atom is 0.161 e. The zero-order valence-corrected chi connectivity index (χ0v) is 16.4. The van der Waals surface area contributed by atoms with Gasteiger partial charge in [-0.25, -0.2) is 0 Å². The summed E-state index contributed by atoms with van der Waals surface area (Å²) >= 11 is 0. The molecule has 0 spiro atoms. The minimum Gasteiger partial charge on any atom is -0.493 e. The first-order valence-electron chi connectivity index (χ1n) is 9.77. The predicted molar refractivity (Wildman–Crippen MR) is 111 cm³/mol. The smallest absolute Gasteiger partial charge is 0.161 e. The van der Waals surface area contributed by atoms with Gasteiger partial charge in [0.25, 0.3) is 0 Å². The number of methoxy groups -OCH3 is 1. The van der Waals surface area contributed by atoms with E-state index in [2.05, 4.69) is 60.1 Å². The van der Waals surface area contributed by atoms with Crippen LogP contribution in [0.25, 0.3) is 22.0 Å². The number of nitrogens with zero attached hydrogens (tertiary/aromatic N) is 1. The van der Waals surface area contributed by atoms with Crippen molar-refractivity contribution in [2.45, 2.75) is 26.8 Å². The van der Waals surface area contributed by atoms with Crippen LogP contribution in [0.2, 0.25) is 0 Å². The number of H-pyrrole nitrogens is 1. The van der Waals surface area contributed by atoms with Gasteiger partial charge >= 0.3 is 0 Å². The average Bonchev–Trinajstić information content (AvgIpc) is 3.04. The van der Waals surface area contributed by atoms with E-state index in [4.69, 9.17) is 9.47 Å². The Kier molecular flexibility index (Phi) is 5.08. The first-order valence-corrected chi connectivity index (χ1v) is 9.77. The number of aromatic amines is 1. The van der Waals surface area contributed by atoms with Gasteiger partial charge in [-0.3, -0.25) is 4.90 Å². The number of likely N-dealkylation sites (tertiary alicyclic amines) is 1. The molecule has 0 bridgehead atoms. The molecule has 1 saturated heterocycles. The fourth-order valence-corrected chi connectivity index (χ4v) is 3.46. The van der Waals surface area contributed by atoms with Gasteiger partial charge in [0.05, 0.1) is 13.7 Å². The van der Waals surface area contributed by atoms with Crippen LogP contribution in [0.4, 0.5) is 0 Å². The molecule has 0 aliphatic carbocycles. The molecule has 0 atom stereocenters. The second-order valence-electron chi connectivity index (χ2n) is 7.80. The molecule has 1 aliphatic rings. The number of hydrogen-bond donors (Lipinski definition) is 1. The Balaban J connectivity index is 1.61. The van der Waals surface area contributed by atoms with E-state index < -0.39 is 0 Å². The van der Waals surface area contributed by atoms with E-state index in [1.165, 1.54) is 41.7 Å². The van der Waals surface area contributed by atoms with Crippen molar-refractivity contribution < 1.29 is 9.47 Å². The lowest BCUT2D eigenvalue weighted by Crippen LogP contribution is -2.36. The molecule has 2 aromatic carbocycles. The van der Waals surface area contributed by atoms with Gasteiger partial charge < -0.3 is 14.5 Å².